The third kappa shape index (κ3) is 4.13. The van der Waals surface area contributed by atoms with Crippen molar-refractivity contribution in [2.45, 2.75) is 38.7 Å². The molecule has 0 aromatic heterocycles. The van der Waals surface area contributed by atoms with E-state index in [0.717, 1.165) is 36.9 Å². The zero-order valence-electron chi connectivity index (χ0n) is 13.6. The van der Waals surface area contributed by atoms with Gasteiger partial charge < -0.3 is 20.1 Å². The molecule has 2 amide bonds. The molecule has 0 saturated heterocycles. The molecule has 1 aromatic rings. The van der Waals surface area contributed by atoms with Crippen LogP contribution in [0, 0.1) is 12.8 Å². The number of amides is 2. The van der Waals surface area contributed by atoms with Gasteiger partial charge in [-0.1, -0.05) is 18.9 Å². The fraction of sp³-hybridized carbons (Fsp3) is 0.588. The smallest absolute Gasteiger partial charge is 0.321 e. The summed E-state index contributed by atoms with van der Waals surface area (Å²) in [6.45, 7) is 2.52. The van der Waals surface area contributed by atoms with Crippen molar-refractivity contribution >= 4 is 11.7 Å². The Morgan fingerprint density at radius 3 is 2.82 bits per heavy atom. The lowest BCUT2D eigenvalue weighted by Crippen LogP contribution is -2.40. The number of aliphatic hydroxyl groups is 1. The molecule has 0 unspecified atom stereocenters. The predicted molar refractivity (Wildman–Crippen MR) is 87.3 cm³/mol. The fourth-order valence-corrected chi connectivity index (χ4v) is 2.91. The summed E-state index contributed by atoms with van der Waals surface area (Å²) in [4.78, 5) is 14.0. The molecule has 1 fully saturated rings. The van der Waals surface area contributed by atoms with Crippen molar-refractivity contribution in [3.05, 3.63) is 23.8 Å². The number of aryl methyl sites for hydroxylation is 1. The summed E-state index contributed by atoms with van der Waals surface area (Å²) >= 11 is 0. The molecule has 22 heavy (non-hydrogen) atoms. The van der Waals surface area contributed by atoms with Crippen molar-refractivity contribution in [1.29, 1.82) is 0 Å². The molecule has 5 nitrogen and oxygen atoms in total. The van der Waals surface area contributed by atoms with Crippen molar-refractivity contribution in [2.24, 2.45) is 5.92 Å². The Balaban J connectivity index is 1.96. The maximum absolute atomic E-state index is 12.3. The maximum atomic E-state index is 12.3. The third-order valence-electron chi connectivity index (χ3n) is 4.41. The Labute approximate surface area is 132 Å². The van der Waals surface area contributed by atoms with Gasteiger partial charge in [0.2, 0.25) is 0 Å². The number of hydrogen-bond donors (Lipinski definition) is 2. The molecular weight excluding hydrogens is 280 g/mol. The summed E-state index contributed by atoms with van der Waals surface area (Å²) in [5, 5.41) is 12.9. The lowest BCUT2D eigenvalue weighted by Gasteiger charge is -2.31. The first kappa shape index (κ1) is 16.6. The van der Waals surface area contributed by atoms with Gasteiger partial charge in [0.1, 0.15) is 5.75 Å². The van der Waals surface area contributed by atoms with Gasteiger partial charge in [-0.2, -0.15) is 0 Å². The van der Waals surface area contributed by atoms with E-state index in [1.54, 1.807) is 19.1 Å². The monoisotopic (exact) mass is 306 g/mol. The normalized spacial score (nSPS) is 21.3. The number of urea groups is 1. The summed E-state index contributed by atoms with van der Waals surface area (Å²) in [7, 11) is 3.37. The van der Waals surface area contributed by atoms with E-state index in [0.29, 0.717) is 12.3 Å². The van der Waals surface area contributed by atoms with Gasteiger partial charge in [-0.05, 0) is 31.4 Å². The van der Waals surface area contributed by atoms with Gasteiger partial charge in [0.15, 0.2) is 0 Å². The summed E-state index contributed by atoms with van der Waals surface area (Å²) in [6, 6.07) is 5.44. The topological polar surface area (TPSA) is 61.8 Å². The molecule has 0 heterocycles. The van der Waals surface area contributed by atoms with Gasteiger partial charge >= 0.3 is 6.03 Å². The molecule has 0 spiro atoms. The molecule has 1 aromatic carbocycles. The summed E-state index contributed by atoms with van der Waals surface area (Å²) in [6.07, 6.45) is 3.75. The number of ether oxygens (including phenoxy) is 1. The van der Waals surface area contributed by atoms with Gasteiger partial charge in [-0.3, -0.25) is 0 Å². The highest BCUT2D eigenvalue weighted by Gasteiger charge is 2.25. The Kier molecular flexibility index (Phi) is 5.66. The Hall–Kier alpha value is -1.75. The number of carbonyl (C=O) groups excluding carboxylic acids is 1. The van der Waals surface area contributed by atoms with Crippen molar-refractivity contribution < 1.29 is 14.6 Å². The number of nitrogens with one attached hydrogen (secondary N) is 1. The maximum Gasteiger partial charge on any atom is 0.321 e. The van der Waals surface area contributed by atoms with Crippen LogP contribution in [0.2, 0.25) is 0 Å². The summed E-state index contributed by atoms with van der Waals surface area (Å²) < 4.78 is 5.19. The van der Waals surface area contributed by atoms with Crippen LogP contribution >= 0.6 is 0 Å². The molecule has 122 valence electrons. The van der Waals surface area contributed by atoms with Crippen molar-refractivity contribution in [1.82, 2.24) is 4.90 Å². The number of methoxy groups -OCH3 is 1. The molecular formula is C17H26N2O3. The lowest BCUT2D eigenvalue weighted by molar-refractivity contribution is 0.0575. The second kappa shape index (κ2) is 7.49. The number of anilines is 1. The summed E-state index contributed by atoms with van der Waals surface area (Å²) in [5.74, 6) is 0.891. The van der Waals surface area contributed by atoms with Crippen LogP contribution in [0.25, 0.3) is 0 Å². The minimum Gasteiger partial charge on any atom is -0.497 e. The highest BCUT2D eigenvalue weighted by molar-refractivity contribution is 5.90. The van der Waals surface area contributed by atoms with Gasteiger partial charge in [-0.15, -0.1) is 0 Å². The molecule has 2 rings (SSSR count). The van der Waals surface area contributed by atoms with E-state index < -0.39 is 0 Å². The standard InChI is InChI=1S/C17H26N2O3/c1-12-8-9-14(22-3)10-15(12)18-17(21)19(2)11-13-6-4-5-7-16(13)20/h8-10,13,16,20H,4-7,11H2,1-3H3,(H,18,21)/t13-,16-/m1/s1. The second-order valence-electron chi connectivity index (χ2n) is 6.10. The zero-order chi connectivity index (χ0) is 16.1. The predicted octanol–water partition coefficient (Wildman–Crippen LogP) is 3.02. The average Bonchev–Trinajstić information content (AvgIpc) is 2.51. The summed E-state index contributed by atoms with van der Waals surface area (Å²) in [5.41, 5.74) is 1.74. The van der Waals surface area contributed by atoms with Crippen LogP contribution in [0.4, 0.5) is 10.5 Å². The molecule has 1 aliphatic rings. The van der Waals surface area contributed by atoms with Crippen LogP contribution in [0.1, 0.15) is 31.2 Å². The molecule has 0 radical (unpaired) electrons. The zero-order valence-corrected chi connectivity index (χ0v) is 13.6. The van der Waals surface area contributed by atoms with Crippen molar-refractivity contribution in [3.63, 3.8) is 0 Å². The van der Waals surface area contributed by atoms with Crippen LogP contribution in [-0.4, -0.2) is 42.8 Å². The van der Waals surface area contributed by atoms with Crippen molar-refractivity contribution in [2.75, 3.05) is 26.0 Å². The van der Waals surface area contributed by atoms with Crippen LogP contribution < -0.4 is 10.1 Å². The number of nitrogens with zero attached hydrogens (tertiary/aromatic N) is 1. The van der Waals surface area contributed by atoms with E-state index in [2.05, 4.69) is 5.32 Å². The SMILES string of the molecule is COc1ccc(C)c(NC(=O)N(C)C[C@H]2CCCC[C@H]2O)c1. The quantitative estimate of drug-likeness (QED) is 0.899. The van der Waals surface area contributed by atoms with E-state index in [1.807, 2.05) is 25.1 Å². The molecule has 1 aliphatic carbocycles. The van der Waals surface area contributed by atoms with E-state index >= 15 is 0 Å². The minimum absolute atomic E-state index is 0.158. The van der Waals surface area contributed by atoms with Crippen LogP contribution in [-0.2, 0) is 0 Å². The van der Waals surface area contributed by atoms with Gasteiger partial charge in [0, 0.05) is 31.3 Å². The lowest BCUT2D eigenvalue weighted by atomic mass is 9.86. The molecule has 5 heteroatoms. The number of carbonyl (C=O) groups is 1. The Morgan fingerprint density at radius 1 is 1.41 bits per heavy atom. The first-order chi connectivity index (χ1) is 10.5. The van der Waals surface area contributed by atoms with E-state index in [-0.39, 0.29) is 18.1 Å². The molecule has 2 N–H and O–H groups in total. The van der Waals surface area contributed by atoms with E-state index in [4.69, 9.17) is 4.74 Å². The highest BCUT2D eigenvalue weighted by atomic mass is 16.5. The second-order valence-corrected chi connectivity index (χ2v) is 6.10. The van der Waals surface area contributed by atoms with Crippen LogP contribution in [0.3, 0.4) is 0 Å². The number of hydrogen-bond acceptors (Lipinski definition) is 3. The van der Waals surface area contributed by atoms with E-state index in [9.17, 15) is 9.90 Å². The number of rotatable bonds is 4. The largest absolute Gasteiger partial charge is 0.497 e. The van der Waals surface area contributed by atoms with E-state index in [1.165, 1.54) is 0 Å². The van der Waals surface area contributed by atoms with Gasteiger partial charge in [0.05, 0.1) is 13.2 Å². The van der Waals surface area contributed by atoms with Crippen molar-refractivity contribution in [3.8, 4) is 5.75 Å². The Morgan fingerprint density at radius 2 is 2.14 bits per heavy atom. The third-order valence-corrected chi connectivity index (χ3v) is 4.41. The highest BCUT2D eigenvalue weighted by Crippen LogP contribution is 2.26. The Bertz CT molecular complexity index is 519. The van der Waals surface area contributed by atoms with Gasteiger partial charge in [-0.25, -0.2) is 4.79 Å². The average molecular weight is 306 g/mol. The molecule has 0 aliphatic heterocycles. The molecule has 0 bridgehead atoms. The van der Waals surface area contributed by atoms with Gasteiger partial charge in [0.25, 0.3) is 0 Å². The number of aliphatic hydroxyl groups excluding tert-OH is 1. The van der Waals surface area contributed by atoms with Crippen LogP contribution in [0.5, 0.6) is 5.75 Å². The first-order valence-electron chi connectivity index (χ1n) is 7.86. The molecule has 1 saturated carbocycles. The fourth-order valence-electron chi connectivity index (χ4n) is 2.91. The number of benzene rings is 1. The minimum atomic E-state index is -0.289. The first-order valence-corrected chi connectivity index (χ1v) is 7.86. The molecule has 2 atom stereocenters. The van der Waals surface area contributed by atoms with Crippen LogP contribution in [0.15, 0.2) is 18.2 Å².